The molecular weight excluding hydrogens is 196 g/mol. The molecule has 0 N–H and O–H groups in total. The summed E-state index contributed by atoms with van der Waals surface area (Å²) < 4.78 is 0. The maximum Gasteiger partial charge on any atom is 0.130 e. The van der Waals surface area contributed by atoms with Gasteiger partial charge in [-0.2, -0.15) is 10.5 Å². The van der Waals surface area contributed by atoms with E-state index in [9.17, 15) is 0 Å². The number of hydrogen-bond donors (Lipinski definition) is 0. The zero-order valence-electron chi connectivity index (χ0n) is 7.37. The second kappa shape index (κ2) is 5.07. The Morgan fingerprint density at radius 3 is 2.64 bits per heavy atom. The van der Waals surface area contributed by atoms with Crippen molar-refractivity contribution >= 4 is 17.7 Å². The number of allylic oxidation sites excluding steroid dienone is 1. The van der Waals surface area contributed by atoms with Crippen molar-refractivity contribution in [1.82, 2.24) is 0 Å². The average Bonchev–Trinajstić information content (AvgIpc) is 2.26. The highest BCUT2D eigenvalue weighted by Gasteiger charge is 1.95. The van der Waals surface area contributed by atoms with E-state index in [-0.39, 0.29) is 5.57 Å². The van der Waals surface area contributed by atoms with Gasteiger partial charge < -0.3 is 0 Å². The molecule has 0 aliphatic heterocycles. The van der Waals surface area contributed by atoms with Gasteiger partial charge in [0, 0.05) is 5.88 Å². The van der Waals surface area contributed by atoms with Crippen molar-refractivity contribution < 1.29 is 0 Å². The molecule has 1 rings (SSSR count). The van der Waals surface area contributed by atoms with Gasteiger partial charge in [0.2, 0.25) is 0 Å². The van der Waals surface area contributed by atoms with Gasteiger partial charge in [0.15, 0.2) is 0 Å². The lowest BCUT2D eigenvalue weighted by Gasteiger charge is -1.96. The van der Waals surface area contributed by atoms with Gasteiger partial charge in [-0.15, -0.1) is 11.6 Å². The van der Waals surface area contributed by atoms with E-state index in [1.54, 1.807) is 12.1 Å². The van der Waals surface area contributed by atoms with Crippen molar-refractivity contribution in [3.63, 3.8) is 0 Å². The van der Waals surface area contributed by atoms with Gasteiger partial charge in [0.05, 0.1) is 0 Å². The first kappa shape index (κ1) is 10.3. The van der Waals surface area contributed by atoms with Crippen LogP contribution in [0.25, 0.3) is 6.08 Å². The minimum absolute atomic E-state index is 0.0942. The Labute approximate surface area is 87.7 Å². The van der Waals surface area contributed by atoms with Crippen LogP contribution < -0.4 is 0 Å². The minimum Gasteiger partial charge on any atom is -0.192 e. The predicted molar refractivity (Wildman–Crippen MR) is 55.2 cm³/mol. The smallest absolute Gasteiger partial charge is 0.130 e. The van der Waals surface area contributed by atoms with E-state index in [0.717, 1.165) is 11.1 Å². The number of alkyl halides is 1. The van der Waals surface area contributed by atoms with Crippen molar-refractivity contribution in [2.75, 3.05) is 0 Å². The lowest BCUT2D eigenvalue weighted by molar-refractivity contribution is 1.39. The molecular formula is C11H7ClN2. The number of hydrogen-bond acceptors (Lipinski definition) is 2. The van der Waals surface area contributed by atoms with E-state index in [2.05, 4.69) is 0 Å². The Bertz CT molecular complexity index is 419. The Morgan fingerprint density at radius 2 is 2.07 bits per heavy atom. The standard InChI is InChI=1S/C11H7ClN2/c12-6-10-3-1-2-9(4-10)5-11(7-13)8-14/h1-5H,6H2. The summed E-state index contributed by atoms with van der Waals surface area (Å²) in [6.45, 7) is 0. The first-order valence-corrected chi connectivity index (χ1v) is 4.50. The second-order valence-corrected chi connectivity index (χ2v) is 2.93. The van der Waals surface area contributed by atoms with E-state index in [1.165, 1.54) is 6.08 Å². The van der Waals surface area contributed by atoms with Crippen LogP contribution in [0.2, 0.25) is 0 Å². The zero-order chi connectivity index (χ0) is 10.4. The maximum absolute atomic E-state index is 8.55. The maximum atomic E-state index is 8.55. The molecule has 3 heteroatoms. The fourth-order valence-electron chi connectivity index (χ4n) is 1.02. The highest BCUT2D eigenvalue weighted by Crippen LogP contribution is 2.10. The van der Waals surface area contributed by atoms with Gasteiger partial charge in [-0.1, -0.05) is 24.3 Å². The largest absolute Gasteiger partial charge is 0.192 e. The Kier molecular flexibility index (Phi) is 3.73. The summed E-state index contributed by atoms with van der Waals surface area (Å²) in [5, 5.41) is 17.1. The molecule has 0 heterocycles. The molecule has 0 unspecified atom stereocenters. The Hall–Kier alpha value is -1.77. The SMILES string of the molecule is N#CC(C#N)=Cc1cccc(CCl)c1. The summed E-state index contributed by atoms with van der Waals surface area (Å²) in [6, 6.07) is 11.0. The fraction of sp³-hybridized carbons (Fsp3) is 0.0909. The summed E-state index contributed by atoms with van der Waals surface area (Å²) in [7, 11) is 0. The number of rotatable bonds is 2. The minimum atomic E-state index is 0.0942. The third-order valence-corrected chi connectivity index (χ3v) is 1.97. The van der Waals surface area contributed by atoms with Crippen molar-refractivity contribution in [3.05, 3.63) is 41.0 Å². The van der Waals surface area contributed by atoms with E-state index in [1.807, 2.05) is 24.3 Å². The summed E-state index contributed by atoms with van der Waals surface area (Å²) in [6.07, 6.45) is 1.54. The third kappa shape index (κ3) is 2.62. The van der Waals surface area contributed by atoms with Crippen LogP contribution in [0.15, 0.2) is 29.8 Å². The van der Waals surface area contributed by atoms with E-state index in [0.29, 0.717) is 5.88 Å². The first-order chi connectivity index (χ1) is 6.80. The van der Waals surface area contributed by atoms with Gasteiger partial charge in [0.25, 0.3) is 0 Å². The van der Waals surface area contributed by atoms with Crippen LogP contribution >= 0.6 is 11.6 Å². The van der Waals surface area contributed by atoms with E-state index >= 15 is 0 Å². The fourth-order valence-corrected chi connectivity index (χ4v) is 1.19. The molecule has 0 fully saturated rings. The molecule has 0 saturated heterocycles. The number of nitrogens with zero attached hydrogens (tertiary/aromatic N) is 2. The molecule has 0 aromatic heterocycles. The molecule has 0 amide bonds. The molecule has 0 atom stereocenters. The molecule has 0 saturated carbocycles. The van der Waals surface area contributed by atoms with Crippen LogP contribution in [-0.2, 0) is 5.88 Å². The number of benzene rings is 1. The molecule has 2 nitrogen and oxygen atoms in total. The molecule has 14 heavy (non-hydrogen) atoms. The van der Waals surface area contributed by atoms with Crippen molar-refractivity contribution in [2.24, 2.45) is 0 Å². The van der Waals surface area contributed by atoms with Crippen molar-refractivity contribution in [2.45, 2.75) is 5.88 Å². The normalized spacial score (nSPS) is 8.50. The van der Waals surface area contributed by atoms with Gasteiger partial charge in [-0.25, -0.2) is 0 Å². The summed E-state index contributed by atoms with van der Waals surface area (Å²) in [4.78, 5) is 0. The van der Waals surface area contributed by atoms with E-state index in [4.69, 9.17) is 22.1 Å². The molecule has 1 aromatic carbocycles. The molecule has 0 aliphatic rings. The third-order valence-electron chi connectivity index (χ3n) is 1.66. The van der Waals surface area contributed by atoms with Crippen LogP contribution in [0, 0.1) is 22.7 Å². The molecule has 0 bridgehead atoms. The molecule has 0 spiro atoms. The summed E-state index contributed by atoms with van der Waals surface area (Å²) in [5.74, 6) is 0.427. The Morgan fingerprint density at radius 1 is 1.36 bits per heavy atom. The van der Waals surface area contributed by atoms with Crippen molar-refractivity contribution in [3.8, 4) is 12.1 Å². The quantitative estimate of drug-likeness (QED) is 0.547. The molecule has 68 valence electrons. The topological polar surface area (TPSA) is 47.6 Å². The van der Waals surface area contributed by atoms with Crippen LogP contribution in [0.3, 0.4) is 0 Å². The van der Waals surface area contributed by atoms with Gasteiger partial charge in [0.1, 0.15) is 17.7 Å². The van der Waals surface area contributed by atoms with Crippen LogP contribution in [0.4, 0.5) is 0 Å². The summed E-state index contributed by atoms with van der Waals surface area (Å²) in [5.41, 5.74) is 1.88. The van der Waals surface area contributed by atoms with Crippen LogP contribution in [0.1, 0.15) is 11.1 Å². The van der Waals surface area contributed by atoms with Gasteiger partial charge in [-0.3, -0.25) is 0 Å². The lowest BCUT2D eigenvalue weighted by atomic mass is 10.1. The van der Waals surface area contributed by atoms with Gasteiger partial charge in [-0.05, 0) is 17.2 Å². The second-order valence-electron chi connectivity index (χ2n) is 2.66. The monoisotopic (exact) mass is 202 g/mol. The molecule has 0 radical (unpaired) electrons. The predicted octanol–water partition coefficient (Wildman–Crippen LogP) is 2.86. The van der Waals surface area contributed by atoms with Crippen LogP contribution in [0.5, 0.6) is 0 Å². The highest BCUT2D eigenvalue weighted by atomic mass is 35.5. The average molecular weight is 203 g/mol. The molecule has 1 aromatic rings. The zero-order valence-corrected chi connectivity index (χ0v) is 8.12. The Balaban J connectivity index is 3.05. The number of halogens is 1. The lowest BCUT2D eigenvalue weighted by Crippen LogP contribution is -1.80. The van der Waals surface area contributed by atoms with E-state index < -0.39 is 0 Å². The first-order valence-electron chi connectivity index (χ1n) is 3.97. The van der Waals surface area contributed by atoms with Gasteiger partial charge >= 0.3 is 0 Å². The number of nitriles is 2. The highest BCUT2D eigenvalue weighted by molar-refractivity contribution is 6.17. The van der Waals surface area contributed by atoms with Crippen LogP contribution in [-0.4, -0.2) is 0 Å². The molecule has 0 aliphatic carbocycles. The van der Waals surface area contributed by atoms with Crippen molar-refractivity contribution in [1.29, 1.82) is 10.5 Å². The summed E-state index contributed by atoms with van der Waals surface area (Å²) >= 11 is 5.65.